The first-order chi connectivity index (χ1) is 17.7. The van der Waals surface area contributed by atoms with E-state index in [2.05, 4.69) is 20.8 Å². The molecule has 1 aliphatic rings. The van der Waals surface area contributed by atoms with E-state index in [0.717, 1.165) is 5.56 Å². The molecule has 3 aromatic rings. The Labute approximate surface area is 222 Å². The summed E-state index contributed by atoms with van der Waals surface area (Å²) in [4.78, 5) is 46.9. The van der Waals surface area contributed by atoms with Gasteiger partial charge >= 0.3 is 5.97 Å². The Morgan fingerprint density at radius 1 is 1.08 bits per heavy atom. The molecule has 0 saturated carbocycles. The molecule has 9 nitrogen and oxygen atoms in total. The van der Waals surface area contributed by atoms with Crippen LogP contribution in [0.1, 0.15) is 34.8 Å². The van der Waals surface area contributed by atoms with Gasteiger partial charge in [0.15, 0.2) is 0 Å². The normalized spacial score (nSPS) is 17.3. The number of nitrogens with zero attached hydrogens (tertiary/aromatic N) is 2. The minimum absolute atomic E-state index is 0.0119. The molecule has 0 fully saturated rings. The summed E-state index contributed by atoms with van der Waals surface area (Å²) in [5.41, 5.74) is 1.17. The highest BCUT2D eigenvalue weighted by Crippen LogP contribution is 2.27. The van der Waals surface area contributed by atoms with Gasteiger partial charge in [-0.3, -0.25) is 14.6 Å². The second kappa shape index (κ2) is 11.0. The van der Waals surface area contributed by atoms with Gasteiger partial charge in [-0.15, -0.1) is 0 Å². The van der Waals surface area contributed by atoms with Crippen LogP contribution < -0.4 is 10.6 Å². The van der Waals surface area contributed by atoms with Crippen LogP contribution >= 0.6 is 23.2 Å². The number of oxime groups is 1. The maximum absolute atomic E-state index is 13.0. The van der Waals surface area contributed by atoms with Crippen molar-refractivity contribution in [2.45, 2.75) is 31.4 Å². The minimum atomic E-state index is -1.35. The van der Waals surface area contributed by atoms with Crippen molar-refractivity contribution in [1.82, 2.24) is 10.3 Å². The maximum atomic E-state index is 13.0. The van der Waals surface area contributed by atoms with Gasteiger partial charge in [-0.2, -0.15) is 0 Å². The number of carboxylic acids is 1. The number of carbonyl (C=O) groups excluding carboxylic acids is 2. The molecule has 2 amide bonds. The molecular weight excluding hydrogens is 519 g/mol. The number of carbonyl (C=O) groups is 3. The lowest BCUT2D eigenvalue weighted by atomic mass is 9.95. The van der Waals surface area contributed by atoms with Crippen molar-refractivity contribution in [2.24, 2.45) is 5.16 Å². The van der Waals surface area contributed by atoms with Gasteiger partial charge in [-0.25, -0.2) is 4.79 Å². The van der Waals surface area contributed by atoms with E-state index in [9.17, 15) is 19.5 Å². The van der Waals surface area contributed by atoms with Crippen LogP contribution in [0.4, 0.5) is 5.69 Å². The number of hydrogen-bond donors (Lipinski definition) is 3. The minimum Gasteiger partial charge on any atom is -0.480 e. The summed E-state index contributed by atoms with van der Waals surface area (Å²) in [6, 6.07) is 13.7. The third-order valence-corrected chi connectivity index (χ3v) is 6.41. The Kier molecular flexibility index (Phi) is 7.75. The summed E-state index contributed by atoms with van der Waals surface area (Å²) in [7, 11) is 0. The first-order valence-electron chi connectivity index (χ1n) is 11.2. The number of halogens is 2. The van der Waals surface area contributed by atoms with Crippen molar-refractivity contribution >= 4 is 52.4 Å². The van der Waals surface area contributed by atoms with Gasteiger partial charge in [0.25, 0.3) is 11.8 Å². The topological polar surface area (TPSA) is 130 Å². The van der Waals surface area contributed by atoms with E-state index < -0.39 is 29.4 Å². The molecule has 0 bridgehead atoms. The molecule has 2 atom stereocenters. The molecule has 2 heterocycles. The Morgan fingerprint density at radius 3 is 2.41 bits per heavy atom. The number of aromatic nitrogens is 1. The zero-order valence-corrected chi connectivity index (χ0v) is 21.1. The fourth-order valence-corrected chi connectivity index (χ4v) is 4.30. The molecule has 0 spiro atoms. The van der Waals surface area contributed by atoms with Crippen LogP contribution in [0.3, 0.4) is 0 Å². The lowest BCUT2D eigenvalue weighted by Gasteiger charge is -2.23. The average molecular weight is 541 g/mol. The third-order valence-electron chi connectivity index (χ3n) is 5.78. The molecule has 37 heavy (non-hydrogen) atoms. The van der Waals surface area contributed by atoms with Crippen LogP contribution in [0.25, 0.3) is 0 Å². The number of nitrogens with one attached hydrogen (secondary N) is 2. The molecule has 1 aliphatic heterocycles. The second-order valence-electron chi connectivity index (χ2n) is 8.59. The highest BCUT2D eigenvalue weighted by molar-refractivity contribution is 6.40. The highest BCUT2D eigenvalue weighted by atomic mass is 35.5. The quantitative estimate of drug-likeness (QED) is 0.389. The van der Waals surface area contributed by atoms with Crippen LogP contribution in [0.2, 0.25) is 10.0 Å². The summed E-state index contributed by atoms with van der Waals surface area (Å²) in [6.45, 7) is 1.55. The van der Waals surface area contributed by atoms with E-state index in [1.54, 1.807) is 73.9 Å². The summed E-state index contributed by atoms with van der Waals surface area (Å²) in [6.07, 6.45) is 3.41. The van der Waals surface area contributed by atoms with E-state index in [0.29, 0.717) is 17.0 Å². The molecule has 11 heteroatoms. The third kappa shape index (κ3) is 6.07. The summed E-state index contributed by atoms with van der Waals surface area (Å²) < 4.78 is 0. The number of anilines is 1. The van der Waals surface area contributed by atoms with Crippen molar-refractivity contribution < 1.29 is 24.3 Å². The van der Waals surface area contributed by atoms with E-state index in [1.807, 2.05) is 0 Å². The number of aliphatic carboxylic acids is 1. The number of carboxylic acid groups (broad SMARTS) is 1. The molecule has 190 valence electrons. The van der Waals surface area contributed by atoms with E-state index >= 15 is 0 Å². The lowest BCUT2D eigenvalue weighted by molar-refractivity contribution is -0.148. The molecule has 4 rings (SSSR count). The molecule has 0 radical (unpaired) electrons. The van der Waals surface area contributed by atoms with Gasteiger partial charge in [0.05, 0.1) is 21.3 Å². The predicted octanol–water partition coefficient (Wildman–Crippen LogP) is 4.34. The van der Waals surface area contributed by atoms with Crippen LogP contribution in [0.5, 0.6) is 0 Å². The monoisotopic (exact) mass is 540 g/mol. The number of hydrogen-bond acceptors (Lipinski definition) is 6. The van der Waals surface area contributed by atoms with Gasteiger partial charge in [0.1, 0.15) is 6.04 Å². The predicted molar refractivity (Wildman–Crippen MR) is 139 cm³/mol. The summed E-state index contributed by atoms with van der Waals surface area (Å²) in [5.74, 6) is -2.27. The Bertz CT molecular complexity index is 1340. The Morgan fingerprint density at radius 2 is 1.78 bits per heavy atom. The summed E-state index contributed by atoms with van der Waals surface area (Å²) >= 11 is 12.2. The Hall–Kier alpha value is -3.95. The van der Waals surface area contributed by atoms with Crippen LogP contribution in [-0.2, 0) is 20.8 Å². The first-order valence-corrected chi connectivity index (χ1v) is 12.0. The lowest BCUT2D eigenvalue weighted by Crippen LogP contribution is -2.51. The molecule has 0 saturated heterocycles. The molecule has 1 aromatic heterocycles. The van der Waals surface area contributed by atoms with E-state index in [-0.39, 0.29) is 28.5 Å². The number of benzene rings is 2. The molecular formula is C26H22Cl2N4O5. The molecule has 3 N–H and O–H groups in total. The van der Waals surface area contributed by atoms with Gasteiger partial charge in [-0.1, -0.05) is 46.6 Å². The van der Waals surface area contributed by atoms with Crippen LogP contribution in [0.15, 0.2) is 72.1 Å². The Balaban J connectivity index is 1.38. The summed E-state index contributed by atoms with van der Waals surface area (Å²) in [5, 5.41) is 19.4. The van der Waals surface area contributed by atoms with Crippen molar-refractivity contribution in [2.75, 3.05) is 5.32 Å². The van der Waals surface area contributed by atoms with Crippen LogP contribution in [-0.4, -0.2) is 45.2 Å². The van der Waals surface area contributed by atoms with Crippen molar-refractivity contribution in [1.29, 1.82) is 0 Å². The number of rotatable bonds is 8. The number of pyridine rings is 1. The SMILES string of the molecule is C[C@@]1(C(=O)NC(Cc2ccc(NC(=O)c3c(Cl)cccc3Cl)cc2)C(=O)O)CC(c2cccnc2)=NO1. The molecule has 2 aromatic carbocycles. The smallest absolute Gasteiger partial charge is 0.326 e. The number of amides is 2. The van der Waals surface area contributed by atoms with E-state index in [1.165, 1.54) is 0 Å². The molecule has 0 aliphatic carbocycles. The molecule has 1 unspecified atom stereocenters. The van der Waals surface area contributed by atoms with Crippen molar-refractivity contribution in [3.63, 3.8) is 0 Å². The second-order valence-corrected chi connectivity index (χ2v) is 9.41. The highest BCUT2D eigenvalue weighted by Gasteiger charge is 2.43. The van der Waals surface area contributed by atoms with Crippen molar-refractivity contribution in [3.05, 3.63) is 93.7 Å². The fraction of sp³-hybridized carbons (Fsp3) is 0.192. The average Bonchev–Trinajstić information content (AvgIpc) is 3.28. The van der Waals surface area contributed by atoms with Crippen LogP contribution in [0, 0.1) is 0 Å². The van der Waals surface area contributed by atoms with Gasteiger partial charge in [-0.05, 0) is 48.9 Å². The van der Waals surface area contributed by atoms with Gasteiger partial charge < -0.3 is 20.6 Å². The van der Waals surface area contributed by atoms with E-state index in [4.69, 9.17) is 28.0 Å². The fourth-order valence-electron chi connectivity index (χ4n) is 3.73. The largest absolute Gasteiger partial charge is 0.480 e. The standard InChI is InChI=1S/C26H22Cl2N4O5/c1-26(13-21(32-37-26)16-4-3-11-29-14-16)25(36)31-20(24(34)35)12-15-7-9-17(10-8-15)30-23(33)22-18(27)5-2-6-19(22)28/h2-11,14,20H,12-13H2,1H3,(H,30,33)(H,31,36)(H,34,35)/t20?,26-/m0/s1. The zero-order chi connectivity index (χ0) is 26.6. The maximum Gasteiger partial charge on any atom is 0.326 e. The van der Waals surface area contributed by atoms with Gasteiger partial charge in [0.2, 0.25) is 5.60 Å². The van der Waals surface area contributed by atoms with Crippen molar-refractivity contribution in [3.8, 4) is 0 Å². The first kappa shape index (κ1) is 26.1. The zero-order valence-electron chi connectivity index (χ0n) is 19.6. The van der Waals surface area contributed by atoms with Gasteiger partial charge in [0, 0.05) is 36.5 Å².